The third-order valence-electron chi connectivity index (χ3n) is 14.9. The lowest BCUT2D eigenvalue weighted by Gasteiger charge is -2.45. The van der Waals surface area contributed by atoms with Gasteiger partial charge < -0.3 is 59.8 Å². The first kappa shape index (κ1) is 45.1. The summed E-state index contributed by atoms with van der Waals surface area (Å²) in [5.74, 6) is 2.33. The van der Waals surface area contributed by atoms with Crippen LogP contribution in [-0.4, -0.2) is 139 Å². The molecule has 328 valence electrons. The number of carbonyl (C=O) groups is 2. The molecule has 2 heterocycles. The zero-order valence-corrected chi connectivity index (χ0v) is 34.3. The van der Waals surface area contributed by atoms with Gasteiger partial charge in [-0.05, 0) is 112 Å². The topological polar surface area (TPSA) is 233 Å². The van der Waals surface area contributed by atoms with Crippen LogP contribution < -0.4 is 0 Å². The largest absolute Gasteiger partial charge is 0.463 e. The maximum Gasteiger partial charge on any atom is 0.311 e. The van der Waals surface area contributed by atoms with Crippen LogP contribution in [0.15, 0.2) is 0 Å². The molecule has 0 aromatic heterocycles. The van der Waals surface area contributed by atoms with Gasteiger partial charge in [0.25, 0.3) is 0 Å². The number of aliphatic hydroxyl groups is 8. The van der Waals surface area contributed by atoms with Gasteiger partial charge in [-0.3, -0.25) is 9.59 Å². The fourth-order valence-corrected chi connectivity index (χ4v) is 10.4. The first-order valence-electron chi connectivity index (χ1n) is 22.3. The molecular weight excluding hydrogens is 740 g/mol. The van der Waals surface area contributed by atoms with Crippen molar-refractivity contribution in [1.82, 2.24) is 0 Å². The lowest BCUT2D eigenvalue weighted by molar-refractivity contribution is -0.264. The monoisotopic (exact) mass is 812 g/mol. The van der Waals surface area contributed by atoms with Gasteiger partial charge in [-0.25, -0.2) is 0 Å². The average molecular weight is 813 g/mol. The van der Waals surface area contributed by atoms with E-state index < -0.39 is 110 Å². The first-order valence-corrected chi connectivity index (χ1v) is 22.3. The van der Waals surface area contributed by atoms with Crippen molar-refractivity contribution in [3.05, 3.63) is 0 Å². The van der Waals surface area contributed by atoms with Gasteiger partial charge in [0.2, 0.25) is 0 Å². The number of ether oxygens (including phenoxy) is 4. The van der Waals surface area contributed by atoms with E-state index >= 15 is 0 Å². The minimum atomic E-state index is -1.72. The Morgan fingerprint density at radius 1 is 0.491 bits per heavy atom. The van der Waals surface area contributed by atoms with E-state index in [1.165, 1.54) is 38.5 Å². The maximum absolute atomic E-state index is 13.1. The molecule has 22 atom stereocenters. The first-order chi connectivity index (χ1) is 27.2. The van der Waals surface area contributed by atoms with Crippen LogP contribution in [-0.2, 0) is 28.5 Å². The average Bonchev–Trinajstić information content (AvgIpc) is 4.01. The van der Waals surface area contributed by atoms with Crippen LogP contribution in [0.3, 0.4) is 0 Å². The van der Waals surface area contributed by atoms with Crippen molar-refractivity contribution in [1.29, 1.82) is 0 Å². The molecule has 2 aliphatic heterocycles. The molecule has 0 spiro atoms. The van der Waals surface area contributed by atoms with Crippen molar-refractivity contribution in [3.8, 4) is 0 Å². The summed E-state index contributed by atoms with van der Waals surface area (Å²) >= 11 is 0. The smallest absolute Gasteiger partial charge is 0.311 e. The minimum absolute atomic E-state index is 0.317. The lowest BCUT2D eigenvalue weighted by atomic mass is 9.87. The molecule has 6 aliphatic rings. The molecule has 0 aromatic carbocycles. The normalized spacial score (nSPS) is 44.4. The molecule has 0 aromatic rings. The van der Waals surface area contributed by atoms with Gasteiger partial charge in [-0.2, -0.15) is 0 Å². The SMILES string of the molecule is CC[C@H]1C[C@H]1C[C@H]1C[C@H]1C[C@@H](O)[C@@H](CC)C(=O)OCC1OC(CC2OC(COC(=O)[C@H](CC)[C@H](O)C[C@@H]3C[C@@H]3C[C@@H]3C[C@@H]3CC)C(O)C(O)C2O)C(O)C(O)C1O. The molecule has 0 radical (unpaired) electrons. The molecule has 14 heteroatoms. The molecule has 4 aliphatic carbocycles. The van der Waals surface area contributed by atoms with Crippen LogP contribution >= 0.6 is 0 Å². The maximum atomic E-state index is 13.1. The summed E-state index contributed by atoms with van der Waals surface area (Å²) in [6.45, 7) is 7.07. The Kier molecular flexibility index (Phi) is 15.4. The van der Waals surface area contributed by atoms with E-state index in [0.717, 1.165) is 36.5 Å². The van der Waals surface area contributed by atoms with Crippen LogP contribution in [0.5, 0.6) is 0 Å². The molecule has 14 nitrogen and oxygen atoms in total. The van der Waals surface area contributed by atoms with Gasteiger partial charge in [-0.15, -0.1) is 0 Å². The summed E-state index contributed by atoms with van der Waals surface area (Å²) in [5.41, 5.74) is 0. The van der Waals surface area contributed by atoms with Gasteiger partial charge in [0, 0.05) is 6.42 Å². The summed E-state index contributed by atoms with van der Waals surface area (Å²) in [4.78, 5) is 26.3. The summed E-state index contributed by atoms with van der Waals surface area (Å²) in [6.07, 6.45) is -5.97. The quantitative estimate of drug-likeness (QED) is 0.0730. The Labute approximate surface area is 337 Å². The molecule has 0 amide bonds. The van der Waals surface area contributed by atoms with E-state index in [1.54, 1.807) is 13.8 Å². The third kappa shape index (κ3) is 11.1. The van der Waals surface area contributed by atoms with Crippen molar-refractivity contribution in [2.75, 3.05) is 13.2 Å². The zero-order valence-electron chi connectivity index (χ0n) is 34.3. The van der Waals surface area contributed by atoms with Gasteiger partial charge in [0.1, 0.15) is 62.0 Å². The second-order valence-electron chi connectivity index (χ2n) is 18.8. The number of esters is 2. The highest BCUT2D eigenvalue weighted by Crippen LogP contribution is 2.55. The Morgan fingerprint density at radius 3 is 1.16 bits per heavy atom. The van der Waals surface area contributed by atoms with E-state index in [-0.39, 0.29) is 6.42 Å². The van der Waals surface area contributed by atoms with Crippen LogP contribution in [0.25, 0.3) is 0 Å². The number of carbonyl (C=O) groups excluding carboxylic acids is 2. The van der Waals surface area contributed by atoms with E-state index in [4.69, 9.17) is 18.9 Å². The highest BCUT2D eigenvalue weighted by molar-refractivity contribution is 5.73. The summed E-state index contributed by atoms with van der Waals surface area (Å²) in [7, 11) is 0. The van der Waals surface area contributed by atoms with Crippen LogP contribution in [0.4, 0.5) is 0 Å². The van der Waals surface area contributed by atoms with Gasteiger partial charge in [-0.1, -0.05) is 40.5 Å². The predicted octanol–water partition coefficient (Wildman–Crippen LogP) is 1.86. The number of hydrogen-bond donors (Lipinski definition) is 8. The number of hydrogen-bond acceptors (Lipinski definition) is 14. The molecule has 6 rings (SSSR count). The van der Waals surface area contributed by atoms with Crippen LogP contribution in [0.1, 0.15) is 111 Å². The molecule has 10 unspecified atom stereocenters. The number of rotatable bonds is 22. The Bertz CT molecular complexity index is 1220. The zero-order chi connectivity index (χ0) is 41.3. The Balaban J connectivity index is 0.965. The van der Waals surface area contributed by atoms with Gasteiger partial charge in [0.05, 0.1) is 36.3 Å². The Hall–Kier alpha value is -1.46. The molecular formula is C43H72O14. The summed E-state index contributed by atoms with van der Waals surface area (Å²) in [5, 5.41) is 86.6. The van der Waals surface area contributed by atoms with Gasteiger partial charge >= 0.3 is 11.9 Å². The van der Waals surface area contributed by atoms with Crippen molar-refractivity contribution < 1.29 is 69.4 Å². The van der Waals surface area contributed by atoms with Crippen molar-refractivity contribution >= 4 is 11.9 Å². The second kappa shape index (κ2) is 19.5. The van der Waals surface area contributed by atoms with Crippen molar-refractivity contribution in [3.63, 3.8) is 0 Å². The summed E-state index contributed by atoms with van der Waals surface area (Å²) < 4.78 is 22.8. The molecule has 6 fully saturated rings. The van der Waals surface area contributed by atoms with Crippen LogP contribution in [0.2, 0.25) is 0 Å². The molecule has 0 bridgehead atoms. The second-order valence-corrected chi connectivity index (χ2v) is 18.8. The molecule has 4 saturated carbocycles. The van der Waals surface area contributed by atoms with Crippen molar-refractivity contribution in [2.24, 2.45) is 59.2 Å². The van der Waals surface area contributed by atoms with Crippen molar-refractivity contribution in [2.45, 2.75) is 184 Å². The highest BCUT2D eigenvalue weighted by Gasteiger charge is 2.51. The van der Waals surface area contributed by atoms with E-state index in [0.29, 0.717) is 49.4 Å². The van der Waals surface area contributed by atoms with Crippen LogP contribution in [0, 0.1) is 59.2 Å². The fourth-order valence-electron chi connectivity index (χ4n) is 10.4. The van der Waals surface area contributed by atoms with Gasteiger partial charge in [0.15, 0.2) is 0 Å². The molecule has 57 heavy (non-hydrogen) atoms. The highest BCUT2D eigenvalue weighted by atomic mass is 16.6. The standard InChI is InChI=1S/C43H72O14/c1-5-20-9-22(20)11-24-13-26(24)15-30(44)28(7-3)42(52)54-18-34-38(48)40(50)36(46)32(56-34)17-33-37(47)41(51)39(49)35(57-33)19-55-43(53)29(8-4)31(45)16-27-14-25(27)12-23-10-21(23)6-2/h20-41,44-51H,5-19H2,1-4H3/t20-,21-,22-,23-,24-,25-,26-,27-,28+,29+,30+,31+,32?,33?,34?,35?,36?,37?,38?,39?,40?,41?/m0/s1. The predicted molar refractivity (Wildman–Crippen MR) is 205 cm³/mol. The minimum Gasteiger partial charge on any atom is -0.463 e. The lowest BCUT2D eigenvalue weighted by Crippen LogP contribution is -2.63. The fraction of sp³-hybridized carbons (Fsp3) is 0.953. The third-order valence-corrected chi connectivity index (χ3v) is 14.9. The number of aliphatic hydroxyl groups excluding tert-OH is 8. The molecule has 2 saturated heterocycles. The van der Waals surface area contributed by atoms with E-state index in [1.807, 2.05) is 0 Å². The summed E-state index contributed by atoms with van der Waals surface area (Å²) in [6, 6.07) is 0. The molecule has 8 N–H and O–H groups in total. The van der Waals surface area contributed by atoms with E-state index in [9.17, 15) is 50.4 Å². The Morgan fingerprint density at radius 2 is 0.825 bits per heavy atom. The van der Waals surface area contributed by atoms with E-state index in [2.05, 4.69) is 13.8 Å².